The lowest BCUT2D eigenvalue weighted by atomic mass is 9.73. The fourth-order valence-corrected chi connectivity index (χ4v) is 6.81. The first-order valence-corrected chi connectivity index (χ1v) is 20.2. The Bertz CT molecular complexity index is 2070. The Morgan fingerprint density at radius 3 is 1.29 bits per heavy atom. The van der Waals surface area contributed by atoms with Crippen LogP contribution in [0.15, 0.2) is 121 Å². The van der Waals surface area contributed by atoms with Gasteiger partial charge < -0.3 is 50.1 Å². The maximum Gasteiger partial charge on any atom is 0.621 e. The van der Waals surface area contributed by atoms with Gasteiger partial charge in [0.05, 0.1) is 24.3 Å². The molecule has 2 aliphatic heterocycles. The van der Waals surface area contributed by atoms with Crippen molar-refractivity contribution in [3.05, 3.63) is 144 Å². The van der Waals surface area contributed by atoms with Gasteiger partial charge in [-0.25, -0.2) is 9.97 Å². The zero-order chi connectivity index (χ0) is 44.2. The molecule has 4 atom stereocenters. The number of nitrogens with zero attached hydrogens (tertiary/aromatic N) is 4. The molecule has 4 amide bonds. The van der Waals surface area contributed by atoms with E-state index < -0.39 is 85.2 Å². The van der Waals surface area contributed by atoms with Crippen LogP contribution in [0.4, 0.5) is 0 Å². The number of carbonyl (C=O) groups is 4. The molecule has 0 fully saturated rings. The molecule has 2 aromatic carbocycles. The first-order chi connectivity index (χ1) is 29.8. The minimum atomic E-state index is -1.31. The van der Waals surface area contributed by atoms with E-state index in [0.29, 0.717) is 12.8 Å². The second-order valence-corrected chi connectivity index (χ2v) is 15.6. The summed E-state index contributed by atoms with van der Waals surface area (Å²) in [5, 5.41) is 33.5. The molecule has 2 aromatic heterocycles. The van der Waals surface area contributed by atoms with E-state index in [4.69, 9.17) is 18.6 Å². The fourth-order valence-electron chi connectivity index (χ4n) is 6.81. The summed E-state index contributed by atoms with van der Waals surface area (Å²) in [7, 11) is -2.62. The minimum absolute atomic E-state index is 0.0139. The lowest BCUT2D eigenvalue weighted by molar-refractivity contribution is -0.124. The van der Waals surface area contributed by atoms with Gasteiger partial charge in [-0.2, -0.15) is 0 Å². The molecule has 0 radical (unpaired) electrons. The van der Waals surface area contributed by atoms with Crippen LogP contribution >= 0.6 is 0 Å². The average Bonchev–Trinajstić information content (AvgIpc) is 3.85. The zero-order valence-corrected chi connectivity index (χ0v) is 34.6. The molecule has 6 rings (SSSR count). The smallest absolute Gasteiger partial charge is 0.517 e. The third kappa shape index (κ3) is 12.0. The average molecular weight is 847 g/mol. The highest BCUT2D eigenvalue weighted by atomic mass is 16.7. The number of hydrogen-bond donors (Lipinski definition) is 6. The number of aromatic nitrogens is 4. The summed E-state index contributed by atoms with van der Waals surface area (Å²) in [5.74, 6) is -6.45. The molecular formula is C42H48B2N8O10. The second-order valence-electron chi connectivity index (χ2n) is 15.6. The molecule has 62 heavy (non-hydrogen) atoms. The van der Waals surface area contributed by atoms with Crippen LogP contribution in [0, 0.1) is 11.8 Å². The lowest BCUT2D eigenvalue weighted by Gasteiger charge is -2.25. The Morgan fingerprint density at radius 2 is 0.952 bits per heavy atom. The number of nitrogens with one attached hydrogen (secondary N) is 4. The predicted octanol–water partition coefficient (Wildman–Crippen LogP) is 3.31. The normalized spacial score (nSPS) is 15.5. The van der Waals surface area contributed by atoms with Crippen LogP contribution in [0.25, 0.3) is 0 Å². The van der Waals surface area contributed by atoms with E-state index in [2.05, 4.69) is 41.2 Å². The summed E-state index contributed by atoms with van der Waals surface area (Å²) in [6.45, 7) is 7.67. The van der Waals surface area contributed by atoms with Crippen LogP contribution in [0.1, 0.15) is 72.6 Å². The molecule has 0 saturated carbocycles. The molecular weight excluding hydrogens is 798 g/mol. The monoisotopic (exact) mass is 846 g/mol. The summed E-state index contributed by atoms with van der Waals surface area (Å²) >= 11 is 0. The molecule has 4 aromatic rings. The van der Waals surface area contributed by atoms with Crippen molar-refractivity contribution in [1.82, 2.24) is 41.2 Å². The second kappa shape index (κ2) is 20.9. The third-order valence-corrected chi connectivity index (χ3v) is 9.68. The van der Waals surface area contributed by atoms with Crippen LogP contribution in [0.2, 0.25) is 0 Å². The largest absolute Gasteiger partial charge is 0.621 e. The number of benzene rings is 2. The SMILES string of the molecule is CC(C)CC(NC(=O)C(Cc1ccccc1)NC(=O)c1cnccn1)B1OC(O)=C(C2=C(O)OB(C(CC(C)C)NC(=O)C(Cc3ccccc3)NC(=O)c3cnccn3)O2)O1. The minimum Gasteiger partial charge on any atom is -0.517 e. The van der Waals surface area contributed by atoms with Crippen LogP contribution in [-0.4, -0.2) is 92.0 Å². The summed E-state index contributed by atoms with van der Waals surface area (Å²) in [4.78, 5) is 70.3. The molecule has 6 N–H and O–H groups in total. The van der Waals surface area contributed by atoms with E-state index in [-0.39, 0.29) is 36.1 Å². The molecule has 2 aliphatic rings. The molecule has 0 aliphatic carbocycles. The van der Waals surface area contributed by atoms with Gasteiger partial charge in [0.2, 0.25) is 23.3 Å². The summed E-state index contributed by atoms with van der Waals surface area (Å²) < 4.78 is 23.5. The number of hydrogen-bond acceptors (Lipinski definition) is 14. The van der Waals surface area contributed by atoms with Crippen molar-refractivity contribution in [2.45, 2.75) is 77.3 Å². The van der Waals surface area contributed by atoms with Gasteiger partial charge in [-0.3, -0.25) is 29.1 Å². The highest BCUT2D eigenvalue weighted by molar-refractivity contribution is 6.49. The van der Waals surface area contributed by atoms with Gasteiger partial charge in [0.1, 0.15) is 23.5 Å². The van der Waals surface area contributed by atoms with Gasteiger partial charge >= 0.3 is 26.1 Å². The number of aliphatic hydroxyl groups is 2. The Labute approximate surface area is 359 Å². The molecule has 20 heteroatoms. The van der Waals surface area contributed by atoms with Gasteiger partial charge in [0.15, 0.2) is 0 Å². The number of rotatable bonds is 19. The summed E-state index contributed by atoms with van der Waals surface area (Å²) in [6.07, 6.45) is 9.05. The summed E-state index contributed by atoms with van der Waals surface area (Å²) in [5.41, 5.74) is 1.61. The highest BCUT2D eigenvalue weighted by Gasteiger charge is 2.51. The standard InChI is InChI=1S/C42H48B2N8O10/c1-25(2)19-33(51-37(53)29(21-27-11-7-5-8-12-27)49-39(55)31-23-45-15-17-47-31)43-59-35(41(57)61-43)36-42(58)62-44(60-36)34(20-26(3)4)52-38(54)30(22-28-13-9-6-10-14-28)50-40(56)32-24-46-16-18-48-32/h5-18,23-26,29-30,33-34,57-58H,19-22H2,1-4H3,(H,49,55)(H,50,56)(H,51,53)(H,52,54). The molecule has 0 bridgehead atoms. The molecule has 322 valence electrons. The van der Waals surface area contributed by atoms with Gasteiger partial charge in [0.25, 0.3) is 11.8 Å². The molecule has 4 heterocycles. The molecule has 0 saturated heterocycles. The van der Waals surface area contributed by atoms with Crippen molar-refractivity contribution >= 4 is 37.9 Å². The van der Waals surface area contributed by atoms with Crippen molar-refractivity contribution in [3.8, 4) is 0 Å². The Balaban J connectivity index is 1.15. The van der Waals surface area contributed by atoms with Crippen LogP contribution in [-0.2, 0) is 41.0 Å². The Morgan fingerprint density at radius 1 is 0.565 bits per heavy atom. The first-order valence-electron chi connectivity index (χ1n) is 20.2. The Kier molecular flexibility index (Phi) is 15.0. The van der Waals surface area contributed by atoms with E-state index in [1.165, 1.54) is 37.2 Å². The maximum atomic E-state index is 14.0. The van der Waals surface area contributed by atoms with Gasteiger partial charge in [-0.15, -0.1) is 0 Å². The Hall–Kier alpha value is -7.11. The van der Waals surface area contributed by atoms with Crippen molar-refractivity contribution in [2.24, 2.45) is 11.8 Å². The van der Waals surface area contributed by atoms with Crippen LogP contribution < -0.4 is 21.3 Å². The van der Waals surface area contributed by atoms with E-state index in [1.54, 1.807) is 0 Å². The quantitative estimate of drug-likeness (QED) is 0.0742. The van der Waals surface area contributed by atoms with E-state index in [0.717, 1.165) is 11.1 Å². The van der Waals surface area contributed by atoms with Crippen molar-refractivity contribution in [2.75, 3.05) is 0 Å². The van der Waals surface area contributed by atoms with E-state index in [9.17, 15) is 29.4 Å². The fraction of sp³-hybridized carbons (Fsp3) is 0.333. The zero-order valence-electron chi connectivity index (χ0n) is 34.6. The van der Waals surface area contributed by atoms with Gasteiger partial charge in [-0.05, 0) is 35.8 Å². The number of aliphatic hydroxyl groups excluding tert-OH is 2. The third-order valence-electron chi connectivity index (χ3n) is 9.68. The van der Waals surface area contributed by atoms with Gasteiger partial charge in [-0.1, -0.05) is 88.4 Å². The topological polar surface area (TPSA) is 245 Å². The van der Waals surface area contributed by atoms with E-state index >= 15 is 0 Å². The number of carbonyl (C=O) groups excluding carboxylic acids is 4. The molecule has 18 nitrogen and oxygen atoms in total. The highest BCUT2D eigenvalue weighted by Crippen LogP contribution is 2.34. The van der Waals surface area contributed by atoms with Crippen molar-refractivity contribution in [3.63, 3.8) is 0 Å². The van der Waals surface area contributed by atoms with Crippen molar-refractivity contribution in [1.29, 1.82) is 0 Å². The number of amides is 4. The maximum absolute atomic E-state index is 14.0. The van der Waals surface area contributed by atoms with Crippen LogP contribution in [0.5, 0.6) is 0 Å². The first kappa shape index (κ1) is 44.4. The molecule has 4 unspecified atom stereocenters. The van der Waals surface area contributed by atoms with Crippen LogP contribution in [0.3, 0.4) is 0 Å². The van der Waals surface area contributed by atoms with E-state index in [1.807, 2.05) is 88.4 Å². The van der Waals surface area contributed by atoms with Crippen molar-refractivity contribution < 1.29 is 48.0 Å². The lowest BCUT2D eigenvalue weighted by Crippen LogP contribution is -2.55. The van der Waals surface area contributed by atoms with Gasteiger partial charge in [0, 0.05) is 37.6 Å². The molecule has 0 spiro atoms. The summed E-state index contributed by atoms with van der Waals surface area (Å²) in [6, 6.07) is 16.1. The predicted molar refractivity (Wildman–Crippen MR) is 225 cm³/mol.